The quantitative estimate of drug-likeness (QED) is 0.771. The summed E-state index contributed by atoms with van der Waals surface area (Å²) in [6.45, 7) is 0.0892. The van der Waals surface area contributed by atoms with Crippen molar-refractivity contribution in [2.45, 2.75) is 38.0 Å². The second-order valence-electron chi connectivity index (χ2n) is 4.50. The summed E-state index contributed by atoms with van der Waals surface area (Å²) in [6, 6.07) is 8.01. The summed E-state index contributed by atoms with van der Waals surface area (Å²) < 4.78 is 0. The van der Waals surface area contributed by atoms with Crippen LogP contribution in [-0.2, 0) is 0 Å². The molecule has 0 aliphatic heterocycles. The van der Waals surface area contributed by atoms with Crippen LogP contribution in [0.1, 0.15) is 53.9 Å². The van der Waals surface area contributed by atoms with Crippen molar-refractivity contribution in [2.75, 3.05) is 6.61 Å². The molecule has 86 valence electrons. The van der Waals surface area contributed by atoms with Gasteiger partial charge in [-0.1, -0.05) is 30.7 Å². The van der Waals surface area contributed by atoms with Crippen LogP contribution in [0.2, 0.25) is 0 Å². The van der Waals surface area contributed by atoms with Crippen molar-refractivity contribution in [3.05, 3.63) is 35.4 Å². The molecule has 1 fully saturated rings. The predicted molar refractivity (Wildman–Crippen MR) is 63.7 cm³/mol. The predicted octanol–water partition coefficient (Wildman–Crippen LogP) is 2.91. The van der Waals surface area contributed by atoms with Gasteiger partial charge >= 0.3 is 0 Å². The fraction of sp³-hybridized carbons (Fsp3) is 0.500. The molecule has 0 aromatic heterocycles. The summed E-state index contributed by atoms with van der Waals surface area (Å²) in [4.78, 5) is 11.7. The number of hydrogen-bond acceptors (Lipinski definition) is 2. The number of Topliss-reactive ketones (excluding diaryl/α,β-unsaturated/α-hetero) is 1. The van der Waals surface area contributed by atoms with Crippen LogP contribution in [0.5, 0.6) is 0 Å². The number of hydrogen-bond donors (Lipinski definition) is 1. The van der Waals surface area contributed by atoms with Gasteiger partial charge in [-0.15, -0.1) is 0 Å². The number of carbonyl (C=O) groups is 1. The summed E-state index contributed by atoms with van der Waals surface area (Å²) in [5.74, 6) is 0.857. The molecule has 1 aromatic carbocycles. The van der Waals surface area contributed by atoms with E-state index >= 15 is 0 Å². The van der Waals surface area contributed by atoms with E-state index in [0.29, 0.717) is 12.8 Å². The first kappa shape index (κ1) is 11.3. The van der Waals surface area contributed by atoms with E-state index in [1.807, 2.05) is 12.1 Å². The highest BCUT2D eigenvalue weighted by Gasteiger charge is 2.19. The summed E-state index contributed by atoms with van der Waals surface area (Å²) >= 11 is 0. The van der Waals surface area contributed by atoms with Crippen LogP contribution < -0.4 is 0 Å². The van der Waals surface area contributed by atoms with Gasteiger partial charge in [-0.05, 0) is 30.7 Å². The van der Waals surface area contributed by atoms with E-state index in [1.165, 1.54) is 24.8 Å². The third-order valence-corrected chi connectivity index (χ3v) is 3.37. The molecule has 16 heavy (non-hydrogen) atoms. The molecule has 0 unspecified atom stereocenters. The van der Waals surface area contributed by atoms with Gasteiger partial charge in [0.1, 0.15) is 0 Å². The topological polar surface area (TPSA) is 37.3 Å². The van der Waals surface area contributed by atoms with Crippen molar-refractivity contribution < 1.29 is 9.90 Å². The minimum Gasteiger partial charge on any atom is -0.396 e. The number of rotatable bonds is 5. The van der Waals surface area contributed by atoms with Crippen LogP contribution in [-0.4, -0.2) is 17.5 Å². The summed E-state index contributed by atoms with van der Waals surface area (Å²) in [5, 5.41) is 8.67. The summed E-state index contributed by atoms with van der Waals surface area (Å²) in [6.07, 6.45) is 4.92. The number of carbonyl (C=O) groups excluding carboxylic acids is 1. The van der Waals surface area contributed by atoms with Crippen molar-refractivity contribution in [3.8, 4) is 0 Å². The van der Waals surface area contributed by atoms with E-state index in [2.05, 4.69) is 12.1 Å². The number of aliphatic hydroxyl groups is 1. The third kappa shape index (κ3) is 2.50. The van der Waals surface area contributed by atoms with Crippen LogP contribution in [0.25, 0.3) is 0 Å². The molecule has 1 aliphatic carbocycles. The van der Waals surface area contributed by atoms with Crippen molar-refractivity contribution in [1.82, 2.24) is 0 Å². The maximum atomic E-state index is 11.7. The third-order valence-electron chi connectivity index (χ3n) is 3.37. The first-order valence-electron chi connectivity index (χ1n) is 6.05. The number of aliphatic hydroxyl groups excluding tert-OH is 1. The molecule has 2 rings (SSSR count). The van der Waals surface area contributed by atoms with Crippen LogP contribution in [0, 0.1) is 0 Å². The lowest BCUT2D eigenvalue weighted by Gasteiger charge is -2.25. The molecular formula is C14H18O2. The Labute approximate surface area is 96.3 Å². The summed E-state index contributed by atoms with van der Waals surface area (Å²) in [7, 11) is 0. The lowest BCUT2D eigenvalue weighted by atomic mass is 9.80. The van der Waals surface area contributed by atoms with Crippen molar-refractivity contribution in [2.24, 2.45) is 0 Å². The second-order valence-corrected chi connectivity index (χ2v) is 4.50. The van der Waals surface area contributed by atoms with Crippen LogP contribution in [0.15, 0.2) is 24.3 Å². The van der Waals surface area contributed by atoms with Gasteiger partial charge in [0.25, 0.3) is 0 Å². The fourth-order valence-electron chi connectivity index (χ4n) is 2.07. The fourth-order valence-corrected chi connectivity index (χ4v) is 2.07. The monoisotopic (exact) mass is 218 g/mol. The largest absolute Gasteiger partial charge is 0.396 e. The Kier molecular flexibility index (Phi) is 3.73. The van der Waals surface area contributed by atoms with Gasteiger partial charge in [-0.2, -0.15) is 0 Å². The Morgan fingerprint density at radius 1 is 1.25 bits per heavy atom. The molecule has 1 aromatic rings. The minimum atomic E-state index is 0.0892. The Morgan fingerprint density at radius 2 is 1.94 bits per heavy atom. The molecule has 1 saturated carbocycles. The molecule has 2 nitrogen and oxygen atoms in total. The van der Waals surface area contributed by atoms with E-state index in [0.717, 1.165) is 11.5 Å². The second kappa shape index (κ2) is 5.26. The lowest BCUT2D eigenvalue weighted by Crippen LogP contribution is -2.09. The maximum Gasteiger partial charge on any atom is 0.162 e. The van der Waals surface area contributed by atoms with E-state index in [-0.39, 0.29) is 12.4 Å². The SMILES string of the molecule is O=C(CCCO)c1ccc(C2CCC2)cc1. The molecular weight excluding hydrogens is 200 g/mol. The van der Waals surface area contributed by atoms with Crippen LogP contribution in [0.4, 0.5) is 0 Å². The van der Waals surface area contributed by atoms with Gasteiger partial charge in [0.05, 0.1) is 0 Å². The zero-order valence-corrected chi connectivity index (χ0v) is 9.48. The Balaban J connectivity index is 1.98. The molecule has 0 radical (unpaired) electrons. The standard InChI is InChI=1S/C14H18O2/c15-10-2-5-14(16)13-8-6-12(7-9-13)11-3-1-4-11/h6-9,11,15H,1-5,10H2. The Morgan fingerprint density at radius 3 is 2.44 bits per heavy atom. The van der Waals surface area contributed by atoms with Gasteiger partial charge < -0.3 is 5.11 Å². The van der Waals surface area contributed by atoms with Crippen LogP contribution >= 0.6 is 0 Å². The van der Waals surface area contributed by atoms with Crippen LogP contribution in [0.3, 0.4) is 0 Å². The van der Waals surface area contributed by atoms with E-state index in [9.17, 15) is 4.79 Å². The smallest absolute Gasteiger partial charge is 0.162 e. The Hall–Kier alpha value is -1.15. The zero-order valence-electron chi connectivity index (χ0n) is 9.48. The van der Waals surface area contributed by atoms with E-state index in [4.69, 9.17) is 5.11 Å². The van der Waals surface area contributed by atoms with Crippen molar-refractivity contribution in [3.63, 3.8) is 0 Å². The molecule has 0 heterocycles. The normalized spacial score (nSPS) is 15.8. The molecule has 0 spiro atoms. The molecule has 0 atom stereocenters. The highest BCUT2D eigenvalue weighted by atomic mass is 16.3. The maximum absolute atomic E-state index is 11.7. The molecule has 1 N–H and O–H groups in total. The average Bonchev–Trinajstić information content (AvgIpc) is 2.24. The van der Waals surface area contributed by atoms with Gasteiger partial charge in [0, 0.05) is 18.6 Å². The highest BCUT2D eigenvalue weighted by molar-refractivity contribution is 5.96. The van der Waals surface area contributed by atoms with Crippen molar-refractivity contribution in [1.29, 1.82) is 0 Å². The Bertz CT molecular complexity index is 350. The lowest BCUT2D eigenvalue weighted by molar-refractivity contribution is 0.0971. The minimum absolute atomic E-state index is 0.0892. The molecule has 1 aliphatic rings. The number of ketones is 1. The highest BCUT2D eigenvalue weighted by Crippen LogP contribution is 2.36. The zero-order chi connectivity index (χ0) is 11.4. The molecule has 0 saturated heterocycles. The van der Waals surface area contributed by atoms with Gasteiger partial charge in [0.2, 0.25) is 0 Å². The molecule has 2 heteroatoms. The molecule has 0 bridgehead atoms. The van der Waals surface area contributed by atoms with E-state index < -0.39 is 0 Å². The first-order valence-corrected chi connectivity index (χ1v) is 6.05. The van der Waals surface area contributed by atoms with Gasteiger partial charge in [0.15, 0.2) is 5.78 Å². The summed E-state index contributed by atoms with van der Waals surface area (Å²) in [5.41, 5.74) is 2.14. The van der Waals surface area contributed by atoms with E-state index in [1.54, 1.807) is 0 Å². The van der Waals surface area contributed by atoms with Gasteiger partial charge in [-0.3, -0.25) is 4.79 Å². The molecule has 0 amide bonds. The average molecular weight is 218 g/mol. The first-order chi connectivity index (χ1) is 7.81. The van der Waals surface area contributed by atoms with Gasteiger partial charge in [-0.25, -0.2) is 0 Å². The van der Waals surface area contributed by atoms with Crippen molar-refractivity contribution >= 4 is 5.78 Å². The number of benzene rings is 1.